The Hall–Kier alpha value is -5.30. The first-order chi connectivity index (χ1) is 24.3. The van der Waals surface area contributed by atoms with Gasteiger partial charge < -0.3 is 19.4 Å². The van der Waals surface area contributed by atoms with Crippen LogP contribution in [0.5, 0.6) is 5.75 Å². The van der Waals surface area contributed by atoms with Gasteiger partial charge in [0.25, 0.3) is 5.91 Å². The molecule has 252 valence electrons. The normalized spacial score (nSPS) is 17.9. The summed E-state index contributed by atoms with van der Waals surface area (Å²) in [5, 5.41) is 12.8. The minimum absolute atomic E-state index is 0.0354. The van der Waals surface area contributed by atoms with Crippen LogP contribution in [0.1, 0.15) is 70.1 Å². The fraction of sp³-hybridized carbons (Fsp3) is 0.270. The van der Waals surface area contributed by atoms with E-state index in [2.05, 4.69) is 20.5 Å². The fourth-order valence-electron chi connectivity index (χ4n) is 7.45. The zero-order valence-electron chi connectivity index (χ0n) is 26.8. The summed E-state index contributed by atoms with van der Waals surface area (Å²) >= 11 is 1.46. The Morgan fingerprint density at radius 3 is 2.66 bits per heavy atom. The van der Waals surface area contributed by atoms with Crippen molar-refractivity contribution in [3.8, 4) is 27.6 Å². The third-order valence-corrected chi connectivity index (χ3v) is 10.9. The molecule has 0 radical (unpaired) electrons. The molecule has 0 aliphatic carbocycles. The smallest absolute Gasteiger partial charge is 0.257 e. The van der Waals surface area contributed by atoms with E-state index in [4.69, 9.17) is 14.1 Å². The van der Waals surface area contributed by atoms with Crippen molar-refractivity contribution in [2.24, 2.45) is 0 Å². The topological polar surface area (TPSA) is 106 Å². The largest absolute Gasteiger partial charge is 0.490 e. The average molecular weight is 695 g/mol. The van der Waals surface area contributed by atoms with E-state index in [-0.39, 0.29) is 36.0 Å². The molecule has 50 heavy (non-hydrogen) atoms. The maximum atomic E-state index is 14.6. The van der Waals surface area contributed by atoms with Gasteiger partial charge in [0.15, 0.2) is 11.6 Å². The molecule has 3 aliphatic heterocycles. The second-order valence-corrected chi connectivity index (χ2v) is 13.9. The third-order valence-electron chi connectivity index (χ3n) is 9.70. The summed E-state index contributed by atoms with van der Waals surface area (Å²) in [5.74, 6) is -0.589. The van der Waals surface area contributed by atoms with E-state index in [9.17, 15) is 18.0 Å². The monoisotopic (exact) mass is 694 g/mol. The lowest BCUT2D eigenvalue weighted by molar-refractivity contribution is 0.0776. The van der Waals surface area contributed by atoms with Gasteiger partial charge in [-0.15, -0.1) is 21.5 Å². The maximum Gasteiger partial charge on any atom is 0.257 e. The molecule has 4 aromatic heterocycles. The van der Waals surface area contributed by atoms with Crippen molar-refractivity contribution in [2.45, 2.75) is 51.1 Å². The molecule has 0 saturated carbocycles. The number of pyridine rings is 2. The van der Waals surface area contributed by atoms with E-state index < -0.39 is 17.7 Å². The number of aryl methyl sites for hydroxylation is 3. The number of rotatable bonds is 7. The second-order valence-electron chi connectivity index (χ2n) is 12.8. The van der Waals surface area contributed by atoms with Crippen LogP contribution in [0.4, 0.5) is 19.0 Å². The number of anilines is 1. The van der Waals surface area contributed by atoms with Crippen LogP contribution < -0.4 is 10.1 Å². The van der Waals surface area contributed by atoms with Gasteiger partial charge >= 0.3 is 0 Å². The highest BCUT2D eigenvalue weighted by Crippen LogP contribution is 2.50. The Morgan fingerprint density at radius 2 is 1.84 bits per heavy atom. The van der Waals surface area contributed by atoms with Gasteiger partial charge in [0, 0.05) is 48.2 Å². The number of nitrogens with one attached hydrogen (secondary N) is 1. The number of carbonyl (C=O) groups is 1. The van der Waals surface area contributed by atoms with Crippen molar-refractivity contribution >= 4 is 33.1 Å². The Morgan fingerprint density at radius 1 is 0.980 bits per heavy atom. The number of carbonyl (C=O) groups excluding carboxylic acids is 1. The summed E-state index contributed by atoms with van der Waals surface area (Å²) < 4.78 is 55.1. The van der Waals surface area contributed by atoms with E-state index >= 15 is 0 Å². The predicted molar refractivity (Wildman–Crippen MR) is 181 cm³/mol. The van der Waals surface area contributed by atoms with Crippen LogP contribution in [0.2, 0.25) is 0 Å². The number of fused-ring (bicyclic) bond motifs is 5. The predicted octanol–water partition coefficient (Wildman–Crippen LogP) is 8.15. The standard InChI is InChI=1S/C37H29F3N6O3S/c1-18-44-45-36(49-18)29-26(9-6-19-4-7-21(38)8-5-19)42-32-27-3-2-13-46(27)37(47)31(32)30(29)28-15-20-10-12-41-35(34(20)50-28)43-25-11-14-48-33-23(25)16-22(39)17-24(33)40/h4-5,7-8,10,12,15-17,25,27H,2-3,6,9,11,13-14H2,1H3,(H,41,43)/t25?,27-/m0/s1. The van der Waals surface area contributed by atoms with E-state index in [1.54, 1.807) is 25.3 Å². The lowest BCUT2D eigenvalue weighted by atomic mass is 9.93. The maximum absolute atomic E-state index is 14.6. The molecule has 9 rings (SSSR count). The Labute approximate surface area is 288 Å². The van der Waals surface area contributed by atoms with Crippen molar-refractivity contribution in [3.63, 3.8) is 0 Å². The number of hydrogen-bond acceptors (Lipinski definition) is 9. The summed E-state index contributed by atoms with van der Waals surface area (Å²) in [7, 11) is 0. The van der Waals surface area contributed by atoms with Crippen LogP contribution in [0.3, 0.4) is 0 Å². The quantitative estimate of drug-likeness (QED) is 0.179. The molecule has 2 atom stereocenters. The van der Waals surface area contributed by atoms with Crippen LogP contribution in [0, 0.1) is 24.4 Å². The zero-order valence-corrected chi connectivity index (χ0v) is 27.6. The molecule has 1 saturated heterocycles. The molecule has 1 amide bonds. The molecule has 1 unspecified atom stereocenters. The summed E-state index contributed by atoms with van der Waals surface area (Å²) in [6.45, 7) is 2.62. The molecule has 1 N–H and O–H groups in total. The van der Waals surface area contributed by atoms with Crippen LogP contribution in [0.25, 0.3) is 32.0 Å². The molecule has 1 fully saturated rings. The molecule has 2 aromatic carbocycles. The molecule has 0 spiro atoms. The number of thiophene rings is 1. The average Bonchev–Trinajstić information content (AvgIpc) is 3.91. The second kappa shape index (κ2) is 11.9. The molecular formula is C37H29F3N6O3S. The van der Waals surface area contributed by atoms with Crippen LogP contribution in [-0.4, -0.2) is 44.1 Å². The van der Waals surface area contributed by atoms with Gasteiger partial charge in [0.2, 0.25) is 11.8 Å². The minimum Gasteiger partial charge on any atom is -0.490 e. The van der Waals surface area contributed by atoms with Crippen LogP contribution >= 0.6 is 11.3 Å². The van der Waals surface area contributed by atoms with Crippen molar-refractivity contribution < 1.29 is 27.1 Å². The molecule has 9 nitrogen and oxygen atoms in total. The van der Waals surface area contributed by atoms with Gasteiger partial charge in [-0.1, -0.05) is 12.1 Å². The van der Waals surface area contributed by atoms with Gasteiger partial charge in [-0.25, -0.2) is 18.2 Å². The summed E-state index contributed by atoms with van der Waals surface area (Å²) in [4.78, 5) is 26.7. The first-order valence-corrected chi connectivity index (χ1v) is 17.3. The first kappa shape index (κ1) is 30.7. The SMILES string of the molecule is Cc1nnc(-c2c(CCc3ccc(F)cc3)nc3c(c2-c2cc4ccnc(NC5CCOc6c(F)cc(F)cc65)c4s2)C(=O)N2CCC[C@@H]32)o1. The van der Waals surface area contributed by atoms with Crippen molar-refractivity contribution in [2.75, 3.05) is 18.5 Å². The lowest BCUT2D eigenvalue weighted by Gasteiger charge is -2.27. The van der Waals surface area contributed by atoms with E-state index in [0.717, 1.165) is 45.1 Å². The molecule has 6 aromatic rings. The number of hydrogen-bond donors (Lipinski definition) is 1. The summed E-state index contributed by atoms with van der Waals surface area (Å²) in [6.07, 6.45) is 4.94. The molecular weight excluding hydrogens is 666 g/mol. The third kappa shape index (κ3) is 5.10. The van der Waals surface area contributed by atoms with Crippen LogP contribution in [0.15, 0.2) is 59.1 Å². The summed E-state index contributed by atoms with van der Waals surface area (Å²) in [6, 6.07) is 11.9. The van der Waals surface area contributed by atoms with Gasteiger partial charge in [0.1, 0.15) is 17.5 Å². The van der Waals surface area contributed by atoms with Gasteiger partial charge in [0.05, 0.1) is 45.9 Å². The van der Waals surface area contributed by atoms with Crippen LogP contribution in [-0.2, 0) is 12.8 Å². The number of benzene rings is 2. The first-order valence-electron chi connectivity index (χ1n) is 16.5. The van der Waals surface area contributed by atoms with Crippen molar-refractivity contribution in [1.29, 1.82) is 0 Å². The number of aromatic nitrogens is 4. The Bertz CT molecular complexity index is 2320. The van der Waals surface area contributed by atoms with Gasteiger partial charge in [-0.2, -0.15) is 0 Å². The number of amides is 1. The minimum atomic E-state index is -0.744. The highest BCUT2D eigenvalue weighted by atomic mass is 32.1. The molecule has 3 aliphatic rings. The Balaban J connectivity index is 1.21. The van der Waals surface area contributed by atoms with Crippen molar-refractivity contribution in [1.82, 2.24) is 25.1 Å². The lowest BCUT2D eigenvalue weighted by Crippen LogP contribution is -2.22. The van der Waals surface area contributed by atoms with Crippen molar-refractivity contribution in [3.05, 3.63) is 106 Å². The van der Waals surface area contributed by atoms with E-state index in [1.807, 2.05) is 17.0 Å². The Kier molecular flexibility index (Phi) is 7.34. The molecule has 0 bridgehead atoms. The highest BCUT2D eigenvalue weighted by molar-refractivity contribution is 7.23. The summed E-state index contributed by atoms with van der Waals surface area (Å²) in [5.41, 5.74) is 4.60. The number of halogens is 3. The number of nitrogens with zero attached hydrogens (tertiary/aromatic N) is 5. The highest BCUT2D eigenvalue weighted by Gasteiger charge is 2.45. The molecule has 13 heteroatoms. The number of ether oxygens (including phenoxy) is 1. The van der Waals surface area contributed by atoms with E-state index in [0.29, 0.717) is 65.5 Å². The van der Waals surface area contributed by atoms with Gasteiger partial charge in [-0.3, -0.25) is 9.78 Å². The van der Waals surface area contributed by atoms with E-state index in [1.165, 1.54) is 29.5 Å². The van der Waals surface area contributed by atoms with Gasteiger partial charge in [-0.05, 0) is 67.0 Å². The fourth-order valence-corrected chi connectivity index (χ4v) is 8.62. The molecule has 7 heterocycles. The zero-order chi connectivity index (χ0) is 34.1.